The van der Waals surface area contributed by atoms with Gasteiger partial charge in [0, 0.05) is 6.04 Å². The standard InChI is InChI=1S/C14H24N2O3S/c1-12(7-8-16(2)3)15-20(18,19)11-14-6-4-5-13(9-14)10-17/h4-6,9,12,15,17H,7-8,10-11H2,1-3H3. The van der Waals surface area contributed by atoms with Crippen molar-refractivity contribution in [2.45, 2.75) is 31.7 Å². The molecule has 0 aliphatic carbocycles. The van der Waals surface area contributed by atoms with Crippen LogP contribution in [-0.2, 0) is 22.4 Å². The van der Waals surface area contributed by atoms with Gasteiger partial charge in [0.1, 0.15) is 0 Å². The third-order valence-corrected chi connectivity index (χ3v) is 4.40. The van der Waals surface area contributed by atoms with Crippen LogP contribution < -0.4 is 4.72 Å². The number of aliphatic hydroxyl groups is 1. The Morgan fingerprint density at radius 3 is 2.55 bits per heavy atom. The van der Waals surface area contributed by atoms with E-state index in [0.717, 1.165) is 18.5 Å². The van der Waals surface area contributed by atoms with E-state index in [1.165, 1.54) is 0 Å². The quantitative estimate of drug-likeness (QED) is 0.749. The summed E-state index contributed by atoms with van der Waals surface area (Å²) in [6.07, 6.45) is 0.767. The van der Waals surface area contributed by atoms with E-state index in [0.29, 0.717) is 5.56 Å². The fourth-order valence-corrected chi connectivity index (χ4v) is 3.33. The lowest BCUT2D eigenvalue weighted by Gasteiger charge is -2.17. The first-order chi connectivity index (χ1) is 9.32. The summed E-state index contributed by atoms with van der Waals surface area (Å²) in [5.41, 5.74) is 1.40. The zero-order valence-electron chi connectivity index (χ0n) is 12.3. The summed E-state index contributed by atoms with van der Waals surface area (Å²) in [5, 5.41) is 9.06. The highest BCUT2D eigenvalue weighted by Gasteiger charge is 2.15. The molecular weight excluding hydrogens is 276 g/mol. The second kappa shape index (κ2) is 7.73. The Bertz CT molecular complexity index is 515. The van der Waals surface area contributed by atoms with E-state index in [9.17, 15) is 8.42 Å². The van der Waals surface area contributed by atoms with Crippen molar-refractivity contribution < 1.29 is 13.5 Å². The summed E-state index contributed by atoms with van der Waals surface area (Å²) in [5.74, 6) is -0.0624. The Morgan fingerprint density at radius 2 is 1.95 bits per heavy atom. The predicted octanol–water partition coefficient (Wildman–Crippen LogP) is 0.938. The molecule has 5 nitrogen and oxygen atoms in total. The van der Waals surface area contributed by atoms with Crippen LogP contribution in [0.3, 0.4) is 0 Å². The maximum absolute atomic E-state index is 12.1. The van der Waals surface area contributed by atoms with Crippen LogP contribution in [0.25, 0.3) is 0 Å². The van der Waals surface area contributed by atoms with E-state index in [1.807, 2.05) is 25.9 Å². The molecule has 114 valence electrons. The average Bonchev–Trinajstić information content (AvgIpc) is 2.35. The van der Waals surface area contributed by atoms with Crippen molar-refractivity contribution >= 4 is 10.0 Å². The third kappa shape index (κ3) is 6.47. The van der Waals surface area contributed by atoms with Gasteiger partial charge >= 0.3 is 0 Å². The number of hydrogen-bond acceptors (Lipinski definition) is 4. The SMILES string of the molecule is CC(CCN(C)C)NS(=O)(=O)Cc1cccc(CO)c1. The number of rotatable bonds is 8. The normalized spacial score (nSPS) is 13.7. The van der Waals surface area contributed by atoms with Gasteiger partial charge in [-0.15, -0.1) is 0 Å². The van der Waals surface area contributed by atoms with E-state index in [1.54, 1.807) is 24.3 Å². The Hall–Kier alpha value is -0.950. The molecule has 0 spiro atoms. The van der Waals surface area contributed by atoms with Crippen LogP contribution in [0.1, 0.15) is 24.5 Å². The molecule has 1 aromatic carbocycles. The molecule has 2 N–H and O–H groups in total. The summed E-state index contributed by atoms with van der Waals surface area (Å²) in [6, 6.07) is 6.89. The van der Waals surface area contributed by atoms with Gasteiger partial charge in [-0.1, -0.05) is 24.3 Å². The van der Waals surface area contributed by atoms with Crippen LogP contribution in [0.2, 0.25) is 0 Å². The Labute approximate surface area is 121 Å². The monoisotopic (exact) mass is 300 g/mol. The second-order valence-electron chi connectivity index (χ2n) is 5.35. The summed E-state index contributed by atoms with van der Waals surface area (Å²) >= 11 is 0. The number of benzene rings is 1. The highest BCUT2D eigenvalue weighted by molar-refractivity contribution is 7.88. The molecule has 0 amide bonds. The van der Waals surface area contributed by atoms with Gasteiger partial charge in [0.05, 0.1) is 12.4 Å². The van der Waals surface area contributed by atoms with E-state index in [2.05, 4.69) is 4.72 Å². The molecule has 0 bridgehead atoms. The van der Waals surface area contributed by atoms with E-state index >= 15 is 0 Å². The fourth-order valence-electron chi connectivity index (χ4n) is 1.90. The fraction of sp³-hybridized carbons (Fsp3) is 0.571. The highest BCUT2D eigenvalue weighted by Crippen LogP contribution is 2.09. The Kier molecular flexibility index (Phi) is 6.61. The van der Waals surface area contributed by atoms with Crippen LogP contribution in [-0.4, -0.2) is 45.1 Å². The molecule has 0 saturated heterocycles. The predicted molar refractivity (Wildman–Crippen MR) is 80.8 cm³/mol. The van der Waals surface area contributed by atoms with Gasteiger partial charge < -0.3 is 10.0 Å². The summed E-state index contributed by atoms with van der Waals surface area (Å²) in [7, 11) is 0.563. The molecule has 1 atom stereocenters. The number of nitrogens with one attached hydrogen (secondary N) is 1. The van der Waals surface area contributed by atoms with Crippen LogP contribution in [0.15, 0.2) is 24.3 Å². The number of sulfonamides is 1. The van der Waals surface area contributed by atoms with Crippen molar-refractivity contribution in [2.75, 3.05) is 20.6 Å². The molecule has 0 radical (unpaired) electrons. The maximum atomic E-state index is 12.1. The first kappa shape index (κ1) is 17.1. The number of nitrogens with zero attached hydrogens (tertiary/aromatic N) is 1. The van der Waals surface area contributed by atoms with E-state index < -0.39 is 10.0 Å². The Balaban J connectivity index is 2.60. The minimum Gasteiger partial charge on any atom is -0.392 e. The van der Waals surface area contributed by atoms with Crippen LogP contribution in [0, 0.1) is 0 Å². The molecule has 0 saturated carbocycles. The summed E-state index contributed by atoms with van der Waals surface area (Å²) in [6.45, 7) is 2.62. The van der Waals surface area contributed by atoms with Crippen molar-refractivity contribution in [2.24, 2.45) is 0 Å². The molecule has 0 aliphatic heterocycles. The van der Waals surface area contributed by atoms with Gasteiger partial charge in [-0.05, 0) is 45.1 Å². The van der Waals surface area contributed by atoms with E-state index in [-0.39, 0.29) is 18.4 Å². The summed E-state index contributed by atoms with van der Waals surface area (Å²) in [4.78, 5) is 2.02. The molecule has 0 aromatic heterocycles. The lowest BCUT2D eigenvalue weighted by atomic mass is 10.1. The number of hydrogen-bond donors (Lipinski definition) is 2. The molecule has 0 fully saturated rings. The first-order valence-corrected chi connectivity index (χ1v) is 8.31. The summed E-state index contributed by atoms with van der Waals surface area (Å²) < 4.78 is 26.8. The van der Waals surface area contributed by atoms with Crippen molar-refractivity contribution in [3.8, 4) is 0 Å². The molecule has 1 rings (SSSR count). The average molecular weight is 300 g/mol. The van der Waals surface area contributed by atoms with Gasteiger partial charge in [-0.25, -0.2) is 13.1 Å². The second-order valence-corrected chi connectivity index (χ2v) is 7.10. The molecular formula is C14H24N2O3S. The van der Waals surface area contributed by atoms with Crippen molar-refractivity contribution in [1.29, 1.82) is 0 Å². The zero-order chi connectivity index (χ0) is 15.2. The van der Waals surface area contributed by atoms with Gasteiger partial charge in [-0.3, -0.25) is 0 Å². The molecule has 0 heterocycles. The van der Waals surface area contributed by atoms with Gasteiger partial charge in [0.25, 0.3) is 0 Å². The molecule has 0 aliphatic rings. The minimum absolute atomic E-state index is 0.0624. The van der Waals surface area contributed by atoms with Crippen LogP contribution in [0.5, 0.6) is 0 Å². The van der Waals surface area contributed by atoms with Gasteiger partial charge in [-0.2, -0.15) is 0 Å². The molecule has 20 heavy (non-hydrogen) atoms. The maximum Gasteiger partial charge on any atom is 0.216 e. The first-order valence-electron chi connectivity index (χ1n) is 6.66. The van der Waals surface area contributed by atoms with Crippen molar-refractivity contribution in [3.05, 3.63) is 35.4 Å². The lowest BCUT2D eigenvalue weighted by molar-refractivity contribution is 0.282. The zero-order valence-corrected chi connectivity index (χ0v) is 13.2. The van der Waals surface area contributed by atoms with Crippen molar-refractivity contribution in [1.82, 2.24) is 9.62 Å². The molecule has 1 aromatic rings. The number of aliphatic hydroxyl groups excluding tert-OH is 1. The van der Waals surface area contributed by atoms with Gasteiger partial charge in [0.2, 0.25) is 10.0 Å². The third-order valence-electron chi connectivity index (χ3n) is 2.92. The van der Waals surface area contributed by atoms with Gasteiger partial charge in [0.15, 0.2) is 0 Å². The smallest absolute Gasteiger partial charge is 0.216 e. The van der Waals surface area contributed by atoms with Crippen molar-refractivity contribution in [3.63, 3.8) is 0 Å². The minimum atomic E-state index is -3.36. The largest absolute Gasteiger partial charge is 0.392 e. The molecule has 1 unspecified atom stereocenters. The topological polar surface area (TPSA) is 69.6 Å². The highest BCUT2D eigenvalue weighted by atomic mass is 32.2. The lowest BCUT2D eigenvalue weighted by Crippen LogP contribution is -2.35. The van der Waals surface area contributed by atoms with Crippen LogP contribution in [0.4, 0.5) is 0 Å². The molecule has 6 heteroatoms. The van der Waals surface area contributed by atoms with Crippen LogP contribution >= 0.6 is 0 Å². The Morgan fingerprint density at radius 1 is 1.30 bits per heavy atom. The van der Waals surface area contributed by atoms with E-state index in [4.69, 9.17) is 5.11 Å².